The van der Waals surface area contributed by atoms with Gasteiger partial charge in [-0.05, 0) is 50.9 Å². The Morgan fingerprint density at radius 3 is 2.67 bits per heavy atom. The molecule has 1 saturated heterocycles. The summed E-state index contributed by atoms with van der Waals surface area (Å²) >= 11 is 0. The minimum atomic E-state index is -4.49. The topological polar surface area (TPSA) is 99.2 Å². The van der Waals surface area contributed by atoms with Crippen molar-refractivity contribution in [2.24, 2.45) is 0 Å². The van der Waals surface area contributed by atoms with Crippen molar-refractivity contribution in [3.8, 4) is 0 Å². The van der Waals surface area contributed by atoms with Crippen molar-refractivity contribution in [2.75, 3.05) is 18.9 Å². The number of nitrogens with zero attached hydrogens (tertiary/aromatic N) is 3. The summed E-state index contributed by atoms with van der Waals surface area (Å²) in [4.78, 5) is 34.9. The van der Waals surface area contributed by atoms with E-state index in [9.17, 15) is 22.8 Å². The van der Waals surface area contributed by atoms with Crippen LogP contribution >= 0.6 is 0 Å². The van der Waals surface area contributed by atoms with Gasteiger partial charge in [-0.3, -0.25) is 9.59 Å². The first-order valence-corrected chi connectivity index (χ1v) is 11.0. The molecule has 2 aliphatic rings. The lowest BCUT2D eigenvalue weighted by Gasteiger charge is -2.41. The van der Waals surface area contributed by atoms with Crippen LogP contribution in [0.1, 0.15) is 38.2 Å². The Morgan fingerprint density at radius 2 is 1.97 bits per heavy atom. The van der Waals surface area contributed by atoms with E-state index < -0.39 is 17.8 Å². The van der Waals surface area contributed by atoms with E-state index in [0.29, 0.717) is 18.5 Å². The molecule has 1 aromatic carbocycles. The van der Waals surface area contributed by atoms with E-state index in [-0.39, 0.29) is 41.1 Å². The molecular formula is C22H27F3N6O2. The van der Waals surface area contributed by atoms with Crippen molar-refractivity contribution in [1.29, 1.82) is 0 Å². The van der Waals surface area contributed by atoms with E-state index in [1.807, 2.05) is 7.05 Å². The second kappa shape index (κ2) is 9.12. The van der Waals surface area contributed by atoms with Crippen molar-refractivity contribution >= 4 is 28.5 Å². The van der Waals surface area contributed by atoms with Crippen molar-refractivity contribution in [3.05, 3.63) is 30.1 Å². The molecule has 2 fully saturated rings. The lowest BCUT2D eigenvalue weighted by Crippen LogP contribution is -2.57. The molecule has 4 unspecified atom stereocenters. The zero-order chi connectivity index (χ0) is 23.8. The number of hydrogen-bond acceptors (Lipinski definition) is 6. The molecule has 2 amide bonds. The third-order valence-corrected chi connectivity index (χ3v) is 6.52. The summed E-state index contributed by atoms with van der Waals surface area (Å²) < 4.78 is 39.6. The van der Waals surface area contributed by atoms with Crippen LogP contribution in [0.4, 0.5) is 19.0 Å². The Hall–Kier alpha value is -2.95. The number of carbonyl (C=O) groups is 2. The van der Waals surface area contributed by atoms with Crippen LogP contribution in [-0.4, -0.2) is 64.4 Å². The highest BCUT2D eigenvalue weighted by Crippen LogP contribution is 2.33. The van der Waals surface area contributed by atoms with Gasteiger partial charge in [-0.15, -0.1) is 0 Å². The summed E-state index contributed by atoms with van der Waals surface area (Å²) in [5.41, 5.74) is -0.439. The number of aromatic nitrogens is 2. The Kier molecular flexibility index (Phi) is 6.42. The summed E-state index contributed by atoms with van der Waals surface area (Å²) in [5.74, 6) is -0.0865. The Balaban J connectivity index is 1.54. The standard InChI is InChI=1S/C22H27F3N6O2/c1-12(32)29-18-10-14(26-2)4-6-19(18)31-8-7-17(21(31)33)30-20-15-9-13(22(23,24)25)3-5-16(15)27-11-28-20/h3,5,9,11,14,17-19,26H,4,6-8,10H2,1-2H3,(H,29,32)(H,27,28,30). The van der Waals surface area contributed by atoms with Gasteiger partial charge in [0, 0.05) is 24.9 Å². The van der Waals surface area contributed by atoms with E-state index in [4.69, 9.17) is 0 Å². The molecule has 0 bridgehead atoms. The van der Waals surface area contributed by atoms with E-state index in [0.717, 1.165) is 31.4 Å². The average Bonchev–Trinajstić information content (AvgIpc) is 3.12. The zero-order valence-electron chi connectivity index (χ0n) is 18.4. The van der Waals surface area contributed by atoms with Gasteiger partial charge in [0.15, 0.2) is 0 Å². The molecule has 2 heterocycles. The predicted molar refractivity (Wildman–Crippen MR) is 116 cm³/mol. The molecule has 11 heteroatoms. The van der Waals surface area contributed by atoms with Crippen LogP contribution in [-0.2, 0) is 15.8 Å². The molecule has 1 aliphatic heterocycles. The van der Waals surface area contributed by atoms with Gasteiger partial charge in [0.1, 0.15) is 18.2 Å². The smallest absolute Gasteiger partial charge is 0.358 e. The normalized spacial score (nSPS) is 26.0. The van der Waals surface area contributed by atoms with E-state index >= 15 is 0 Å². The number of rotatable bonds is 5. The maximum atomic E-state index is 13.3. The number of hydrogen-bond donors (Lipinski definition) is 3. The first-order chi connectivity index (χ1) is 15.7. The van der Waals surface area contributed by atoms with Gasteiger partial charge in [-0.25, -0.2) is 9.97 Å². The number of likely N-dealkylation sites (tertiary alicyclic amines) is 1. The molecule has 0 spiro atoms. The lowest BCUT2D eigenvalue weighted by molar-refractivity contribution is -0.137. The molecule has 2 aromatic rings. The molecular weight excluding hydrogens is 437 g/mol. The van der Waals surface area contributed by atoms with Gasteiger partial charge in [0.25, 0.3) is 0 Å². The summed E-state index contributed by atoms with van der Waals surface area (Å²) in [7, 11) is 1.88. The van der Waals surface area contributed by atoms with Gasteiger partial charge < -0.3 is 20.9 Å². The van der Waals surface area contributed by atoms with Crippen molar-refractivity contribution in [3.63, 3.8) is 0 Å². The number of fused-ring (bicyclic) bond motifs is 1. The van der Waals surface area contributed by atoms with Gasteiger partial charge in [-0.2, -0.15) is 13.2 Å². The highest BCUT2D eigenvalue weighted by Gasteiger charge is 2.42. The van der Waals surface area contributed by atoms with E-state index in [2.05, 4.69) is 25.9 Å². The quantitative estimate of drug-likeness (QED) is 0.628. The van der Waals surface area contributed by atoms with E-state index in [1.165, 1.54) is 19.3 Å². The van der Waals surface area contributed by atoms with Gasteiger partial charge >= 0.3 is 6.18 Å². The fourth-order valence-corrected chi connectivity index (χ4v) is 4.88. The number of carbonyl (C=O) groups excluding carboxylic acids is 2. The molecule has 33 heavy (non-hydrogen) atoms. The van der Waals surface area contributed by atoms with E-state index in [1.54, 1.807) is 4.90 Å². The molecule has 0 radical (unpaired) electrons. The summed E-state index contributed by atoms with van der Waals surface area (Å²) in [6.07, 6.45) is -0.384. The van der Waals surface area contributed by atoms with Crippen LogP contribution in [0.5, 0.6) is 0 Å². The third-order valence-electron chi connectivity index (χ3n) is 6.52. The predicted octanol–water partition coefficient (Wildman–Crippen LogP) is 2.31. The van der Waals surface area contributed by atoms with Gasteiger partial charge in [0.05, 0.1) is 23.2 Å². The maximum absolute atomic E-state index is 13.3. The van der Waals surface area contributed by atoms with Crippen LogP contribution in [0.15, 0.2) is 24.5 Å². The molecule has 178 valence electrons. The van der Waals surface area contributed by atoms with Gasteiger partial charge in [-0.1, -0.05) is 0 Å². The third kappa shape index (κ3) is 4.87. The number of nitrogens with one attached hydrogen (secondary N) is 3. The largest absolute Gasteiger partial charge is 0.416 e. The monoisotopic (exact) mass is 464 g/mol. The summed E-state index contributed by atoms with van der Waals surface area (Å²) in [6.45, 7) is 1.96. The molecule has 4 atom stereocenters. The van der Waals surface area contributed by atoms with Crippen molar-refractivity contribution < 1.29 is 22.8 Å². The van der Waals surface area contributed by atoms with Crippen molar-refractivity contribution in [2.45, 2.75) is 63.0 Å². The fraction of sp³-hybridized carbons (Fsp3) is 0.545. The Morgan fingerprint density at radius 1 is 1.18 bits per heavy atom. The summed E-state index contributed by atoms with van der Waals surface area (Å²) in [5, 5.41) is 9.48. The average molecular weight is 464 g/mol. The van der Waals surface area contributed by atoms with Crippen LogP contribution in [0.3, 0.4) is 0 Å². The van der Waals surface area contributed by atoms with Crippen LogP contribution in [0, 0.1) is 0 Å². The second-order valence-electron chi connectivity index (χ2n) is 8.64. The van der Waals surface area contributed by atoms with Gasteiger partial charge in [0.2, 0.25) is 11.8 Å². The highest BCUT2D eigenvalue weighted by molar-refractivity contribution is 5.93. The molecule has 1 aromatic heterocycles. The molecule has 3 N–H and O–H groups in total. The molecule has 8 nitrogen and oxygen atoms in total. The first-order valence-electron chi connectivity index (χ1n) is 11.0. The Labute approximate surface area is 189 Å². The minimum absolute atomic E-state index is 0.128. The minimum Gasteiger partial charge on any atom is -0.358 e. The van der Waals surface area contributed by atoms with Crippen LogP contribution in [0.2, 0.25) is 0 Å². The molecule has 1 aliphatic carbocycles. The molecule has 4 rings (SSSR count). The fourth-order valence-electron chi connectivity index (χ4n) is 4.88. The lowest BCUT2D eigenvalue weighted by atomic mass is 9.85. The number of anilines is 1. The SMILES string of the molecule is CNC1CCC(N2CCC(Nc3ncnc4ccc(C(F)(F)F)cc34)C2=O)C(NC(C)=O)C1. The first kappa shape index (κ1) is 23.2. The summed E-state index contributed by atoms with van der Waals surface area (Å²) in [6, 6.07) is 2.64. The molecule has 1 saturated carbocycles. The zero-order valence-corrected chi connectivity index (χ0v) is 18.4. The maximum Gasteiger partial charge on any atom is 0.416 e. The second-order valence-corrected chi connectivity index (χ2v) is 8.64. The number of alkyl halides is 3. The Bertz CT molecular complexity index is 1050. The number of benzene rings is 1. The van der Waals surface area contributed by atoms with Crippen LogP contribution in [0.25, 0.3) is 10.9 Å². The highest BCUT2D eigenvalue weighted by atomic mass is 19.4. The van der Waals surface area contributed by atoms with Crippen molar-refractivity contribution in [1.82, 2.24) is 25.5 Å². The number of amides is 2. The number of halogens is 3. The van der Waals surface area contributed by atoms with Crippen LogP contribution < -0.4 is 16.0 Å².